The van der Waals surface area contributed by atoms with Gasteiger partial charge in [-0.3, -0.25) is 0 Å². The van der Waals surface area contributed by atoms with Gasteiger partial charge in [-0.15, -0.1) is 0 Å². The highest BCUT2D eigenvalue weighted by Crippen LogP contribution is 2.28. The number of likely N-dealkylation sites (tertiary alicyclic amines) is 1. The van der Waals surface area contributed by atoms with Crippen LogP contribution in [0.4, 0.5) is 4.79 Å². The molecule has 0 aliphatic carbocycles. The van der Waals surface area contributed by atoms with E-state index in [0.717, 1.165) is 0 Å². The van der Waals surface area contributed by atoms with Gasteiger partial charge in [-0.2, -0.15) is 0 Å². The fraction of sp³-hybridized carbons (Fsp3) is 0.562. The number of rotatable bonds is 1. The van der Waals surface area contributed by atoms with Gasteiger partial charge in [0.2, 0.25) is 0 Å². The molecule has 0 spiro atoms. The number of carbonyl (C=O) groups is 1. The summed E-state index contributed by atoms with van der Waals surface area (Å²) in [5.41, 5.74) is -2.48. The summed E-state index contributed by atoms with van der Waals surface area (Å²) in [6.07, 6.45) is -9.33. The summed E-state index contributed by atoms with van der Waals surface area (Å²) in [6, 6.07) is -3.68. The second kappa shape index (κ2) is 6.17. The highest BCUT2D eigenvalue weighted by Gasteiger charge is 2.28. The summed E-state index contributed by atoms with van der Waals surface area (Å²) < 4.78 is 113. The second-order valence-electron chi connectivity index (χ2n) is 4.85. The van der Waals surface area contributed by atoms with E-state index in [-0.39, 0.29) is 9.37 Å². The van der Waals surface area contributed by atoms with E-state index >= 15 is 0 Å². The summed E-state index contributed by atoms with van der Waals surface area (Å²) in [4.78, 5) is 12.5. The molecular formula is C16H22BrNO2. The van der Waals surface area contributed by atoms with Crippen LogP contribution < -0.4 is 0 Å². The van der Waals surface area contributed by atoms with Crippen LogP contribution in [0.2, 0.25) is 0 Å². The van der Waals surface area contributed by atoms with E-state index in [2.05, 4.69) is 15.9 Å². The molecule has 1 aromatic carbocycles. The van der Waals surface area contributed by atoms with Gasteiger partial charge in [-0.1, -0.05) is 28.0 Å². The lowest BCUT2D eigenvalue weighted by atomic mass is 9.91. The Balaban J connectivity index is 3.07. The molecule has 1 saturated heterocycles. The number of benzene rings is 1. The first-order valence-electron chi connectivity index (χ1n) is 12.2. The van der Waals surface area contributed by atoms with Crippen molar-refractivity contribution < 1.29 is 27.4 Å². The van der Waals surface area contributed by atoms with E-state index in [9.17, 15) is 4.79 Å². The van der Waals surface area contributed by atoms with Gasteiger partial charge in [0.15, 0.2) is 0 Å². The van der Waals surface area contributed by atoms with Gasteiger partial charge in [0.05, 0.1) is 8.22 Å². The van der Waals surface area contributed by atoms with Gasteiger partial charge in [-0.25, -0.2) is 4.79 Å². The maximum atomic E-state index is 12.9. The minimum atomic E-state index is -3.82. The Morgan fingerprint density at radius 2 is 2.15 bits per heavy atom. The van der Waals surface area contributed by atoms with Crippen molar-refractivity contribution in [1.82, 2.24) is 4.90 Å². The Hall–Kier alpha value is -1.03. The van der Waals surface area contributed by atoms with Gasteiger partial charge < -0.3 is 9.64 Å². The molecule has 1 amide bonds. The Morgan fingerprint density at radius 3 is 2.75 bits per heavy atom. The second-order valence-corrected chi connectivity index (χ2v) is 5.65. The minimum Gasteiger partial charge on any atom is -0.444 e. The minimum absolute atomic E-state index is 0.357. The van der Waals surface area contributed by atoms with Gasteiger partial charge >= 0.3 is 6.09 Å². The number of piperidine rings is 1. The average Bonchev–Trinajstić information content (AvgIpc) is 2.61. The lowest BCUT2D eigenvalue weighted by Gasteiger charge is -2.34. The normalized spacial score (nSPS) is 43.0. The summed E-state index contributed by atoms with van der Waals surface area (Å²) in [7, 11) is 0. The van der Waals surface area contributed by atoms with Crippen LogP contribution in [0.15, 0.2) is 28.6 Å². The summed E-state index contributed by atoms with van der Waals surface area (Å²) in [5.74, 6) is -3.67. The molecule has 1 unspecified atom stereocenters. The lowest BCUT2D eigenvalue weighted by Crippen LogP contribution is -2.42. The van der Waals surface area contributed by atoms with Gasteiger partial charge in [0.1, 0.15) is 5.60 Å². The first-order chi connectivity index (χ1) is 14.4. The predicted octanol–water partition coefficient (Wildman–Crippen LogP) is 4.56. The van der Waals surface area contributed by atoms with Crippen LogP contribution in [0, 0.1) is 0 Å². The quantitative estimate of drug-likeness (QED) is 0.741. The standard InChI is InChI=1S/C16H22BrNO2/c1-16(2,3)20-15(19)18-10-4-5-13(11-18)12-6-8-14(17)9-7-12/h6-9,13H,4-5,10-11H2,1-3H3/i4D2,5D2,6D,7D,8D,9D,10D2,11D2,13D. The van der Waals surface area contributed by atoms with Crippen molar-refractivity contribution in [3.63, 3.8) is 0 Å². The Bertz CT molecular complexity index is 978. The number of nitrogens with zero attached hydrogens (tertiary/aromatic N) is 1. The van der Waals surface area contributed by atoms with Crippen LogP contribution in [0.5, 0.6) is 0 Å². The van der Waals surface area contributed by atoms with Crippen molar-refractivity contribution in [3.8, 4) is 0 Å². The number of hydrogen-bond donors (Lipinski definition) is 0. The molecule has 0 bridgehead atoms. The maximum Gasteiger partial charge on any atom is 0.410 e. The highest BCUT2D eigenvalue weighted by atomic mass is 79.9. The van der Waals surface area contributed by atoms with E-state index in [4.69, 9.17) is 22.6 Å². The fourth-order valence-corrected chi connectivity index (χ4v) is 1.45. The molecule has 0 aromatic heterocycles. The molecule has 4 heteroatoms. The molecule has 1 aliphatic heterocycles. The van der Waals surface area contributed by atoms with E-state index in [1.165, 1.54) is 20.8 Å². The summed E-state index contributed by atoms with van der Waals surface area (Å²) in [6.45, 7) is -3.33. The largest absolute Gasteiger partial charge is 0.444 e. The summed E-state index contributed by atoms with van der Waals surface area (Å²) in [5, 5.41) is 0. The number of ether oxygens (including phenoxy) is 1. The van der Waals surface area contributed by atoms with Gasteiger partial charge in [-0.05, 0) is 51.2 Å². The van der Waals surface area contributed by atoms with Crippen molar-refractivity contribution in [3.05, 3.63) is 34.2 Å². The zero-order chi connectivity index (χ0) is 26.3. The molecule has 1 atom stereocenters. The molecule has 20 heavy (non-hydrogen) atoms. The first-order valence-corrected chi connectivity index (χ1v) is 6.52. The van der Waals surface area contributed by atoms with Crippen LogP contribution in [0.3, 0.4) is 0 Å². The van der Waals surface area contributed by atoms with Crippen molar-refractivity contribution in [2.45, 2.75) is 45.0 Å². The lowest BCUT2D eigenvalue weighted by molar-refractivity contribution is 0.0198. The Morgan fingerprint density at radius 1 is 1.50 bits per heavy atom. The van der Waals surface area contributed by atoms with Crippen LogP contribution in [-0.2, 0) is 4.74 Å². The van der Waals surface area contributed by atoms with E-state index in [1.807, 2.05) is 0 Å². The molecule has 0 N–H and O–H groups in total. The maximum absolute atomic E-state index is 12.9. The predicted molar refractivity (Wildman–Crippen MR) is 83.9 cm³/mol. The number of amides is 1. The average molecular weight is 353 g/mol. The van der Waals surface area contributed by atoms with Crippen molar-refractivity contribution >= 4 is 22.0 Å². The Labute approximate surface area is 147 Å². The number of halogens is 1. The monoisotopic (exact) mass is 352 g/mol. The third-order valence-corrected chi connectivity index (χ3v) is 2.40. The van der Waals surface area contributed by atoms with E-state index in [0.29, 0.717) is 0 Å². The fourth-order valence-electron chi connectivity index (χ4n) is 1.25. The van der Waals surface area contributed by atoms with Crippen molar-refractivity contribution in [2.75, 3.05) is 13.0 Å². The molecule has 1 fully saturated rings. The molecule has 1 aliphatic rings. The van der Waals surface area contributed by atoms with Crippen LogP contribution in [-0.4, -0.2) is 29.6 Å². The topological polar surface area (TPSA) is 29.5 Å². The molecule has 2 rings (SSSR count). The third-order valence-electron chi connectivity index (χ3n) is 2.00. The molecule has 1 heterocycles. The SMILES string of the molecule is [2H]c1c([2H])c(C2([2H])C([2H])([2H])N(C(=O)OC(C)(C)C)C([2H])([2H])C([2H])([2H])C2([2H])[2H])c([2H])c([2H])c1Br. The molecule has 1 aromatic rings. The molecule has 0 radical (unpaired) electrons. The van der Waals surface area contributed by atoms with Crippen LogP contribution in [0.25, 0.3) is 0 Å². The third kappa shape index (κ3) is 4.23. The first kappa shape index (κ1) is 5.64. The zero-order valence-electron chi connectivity index (χ0n) is 24.1. The van der Waals surface area contributed by atoms with E-state index < -0.39 is 73.1 Å². The highest BCUT2D eigenvalue weighted by molar-refractivity contribution is 9.10. The van der Waals surface area contributed by atoms with E-state index in [1.54, 1.807) is 0 Å². The smallest absolute Gasteiger partial charge is 0.410 e. The van der Waals surface area contributed by atoms with Crippen LogP contribution >= 0.6 is 15.9 Å². The number of hydrogen-bond acceptors (Lipinski definition) is 2. The zero-order valence-corrected chi connectivity index (χ0v) is 12.7. The van der Waals surface area contributed by atoms with Gasteiger partial charge in [0, 0.05) is 33.0 Å². The molecule has 110 valence electrons. The molecule has 3 nitrogen and oxygen atoms in total. The molecule has 0 saturated carbocycles. The van der Waals surface area contributed by atoms with Crippen molar-refractivity contribution in [2.24, 2.45) is 0 Å². The van der Waals surface area contributed by atoms with Crippen LogP contribution in [0.1, 0.15) is 62.8 Å². The van der Waals surface area contributed by atoms with Crippen molar-refractivity contribution in [1.29, 1.82) is 0 Å². The summed E-state index contributed by atoms with van der Waals surface area (Å²) >= 11 is 2.84. The number of carbonyl (C=O) groups excluding carboxylic acids is 1. The van der Waals surface area contributed by atoms with Gasteiger partial charge in [0.25, 0.3) is 0 Å². The molecular weight excluding hydrogens is 318 g/mol. The Kier molecular flexibility index (Phi) is 1.74.